The molecule has 0 spiro atoms. The van der Waals surface area contributed by atoms with Crippen LogP contribution in [0.1, 0.15) is 19.4 Å². The molecule has 0 amide bonds. The average Bonchev–Trinajstić information content (AvgIpc) is 2.31. The normalized spacial score (nSPS) is 11.8. The van der Waals surface area contributed by atoms with Gasteiger partial charge in [0.25, 0.3) is 0 Å². The molecule has 4 heteroatoms. The molecule has 4 nitrogen and oxygen atoms in total. The van der Waals surface area contributed by atoms with E-state index in [1.165, 1.54) is 5.56 Å². The fourth-order valence-corrected chi connectivity index (χ4v) is 1.76. The van der Waals surface area contributed by atoms with Crippen molar-refractivity contribution in [3.63, 3.8) is 0 Å². The third-order valence-electron chi connectivity index (χ3n) is 2.71. The van der Waals surface area contributed by atoms with Gasteiger partial charge < -0.3 is 15.0 Å². The van der Waals surface area contributed by atoms with Crippen LogP contribution in [0.5, 0.6) is 0 Å². The number of hydrogen-bond acceptors (Lipinski definition) is 4. The van der Waals surface area contributed by atoms with Crippen LogP contribution in [0.25, 0.3) is 0 Å². The van der Waals surface area contributed by atoms with Gasteiger partial charge in [-0.3, -0.25) is 0 Å². The molecule has 0 radical (unpaired) electrons. The van der Waals surface area contributed by atoms with Gasteiger partial charge in [0.1, 0.15) is 6.04 Å². The van der Waals surface area contributed by atoms with Gasteiger partial charge >= 0.3 is 5.97 Å². The first-order valence-electron chi connectivity index (χ1n) is 6.16. The van der Waals surface area contributed by atoms with E-state index in [0.29, 0.717) is 6.61 Å². The van der Waals surface area contributed by atoms with Gasteiger partial charge in [0.2, 0.25) is 0 Å². The van der Waals surface area contributed by atoms with E-state index in [1.54, 1.807) is 13.8 Å². The van der Waals surface area contributed by atoms with Crippen LogP contribution in [0.2, 0.25) is 0 Å². The zero-order valence-electron chi connectivity index (χ0n) is 11.8. The number of esters is 1. The van der Waals surface area contributed by atoms with E-state index in [1.807, 2.05) is 32.3 Å². The Kier molecular flexibility index (Phi) is 5.01. The molecule has 0 saturated heterocycles. The second-order valence-electron chi connectivity index (χ2n) is 4.51. The summed E-state index contributed by atoms with van der Waals surface area (Å²) in [7, 11) is 4.00. The minimum atomic E-state index is -0.345. The van der Waals surface area contributed by atoms with Crippen LogP contribution in [0.4, 0.5) is 11.4 Å². The number of rotatable bonds is 5. The van der Waals surface area contributed by atoms with E-state index >= 15 is 0 Å². The molecule has 1 aromatic carbocycles. The molecular formula is C14H22N2O2. The largest absolute Gasteiger partial charge is 0.464 e. The van der Waals surface area contributed by atoms with Gasteiger partial charge in [-0.15, -0.1) is 0 Å². The lowest BCUT2D eigenvalue weighted by molar-refractivity contribution is -0.143. The molecule has 1 rings (SSSR count). The number of aryl methyl sites for hydroxylation is 1. The van der Waals surface area contributed by atoms with Gasteiger partial charge in [0.05, 0.1) is 6.61 Å². The Labute approximate surface area is 109 Å². The van der Waals surface area contributed by atoms with Crippen molar-refractivity contribution in [1.82, 2.24) is 0 Å². The maximum atomic E-state index is 11.5. The highest BCUT2D eigenvalue weighted by atomic mass is 16.5. The Morgan fingerprint density at radius 1 is 1.44 bits per heavy atom. The smallest absolute Gasteiger partial charge is 0.328 e. The molecule has 0 aromatic heterocycles. The summed E-state index contributed by atoms with van der Waals surface area (Å²) in [5, 5.41) is 3.15. The number of ether oxygens (including phenoxy) is 1. The molecule has 0 aliphatic rings. The van der Waals surface area contributed by atoms with Crippen molar-refractivity contribution in [1.29, 1.82) is 0 Å². The molecule has 1 unspecified atom stereocenters. The first-order valence-corrected chi connectivity index (χ1v) is 6.16. The van der Waals surface area contributed by atoms with Gasteiger partial charge in [-0.2, -0.15) is 0 Å². The number of carbonyl (C=O) groups is 1. The van der Waals surface area contributed by atoms with E-state index in [9.17, 15) is 4.79 Å². The zero-order valence-corrected chi connectivity index (χ0v) is 11.8. The van der Waals surface area contributed by atoms with Crippen molar-refractivity contribution in [2.45, 2.75) is 26.8 Å². The molecule has 0 aliphatic heterocycles. The second kappa shape index (κ2) is 6.28. The third-order valence-corrected chi connectivity index (χ3v) is 2.71. The summed E-state index contributed by atoms with van der Waals surface area (Å²) in [5.41, 5.74) is 3.26. The Hall–Kier alpha value is -1.71. The van der Waals surface area contributed by atoms with Crippen LogP contribution in [-0.4, -0.2) is 32.7 Å². The van der Waals surface area contributed by atoms with Gasteiger partial charge in [-0.1, -0.05) is 6.07 Å². The van der Waals surface area contributed by atoms with E-state index in [0.717, 1.165) is 11.4 Å². The summed E-state index contributed by atoms with van der Waals surface area (Å²) in [6.07, 6.45) is 0. The van der Waals surface area contributed by atoms with Gasteiger partial charge in [-0.05, 0) is 38.5 Å². The topological polar surface area (TPSA) is 41.6 Å². The standard InChI is InChI=1S/C14H22N2O2/c1-6-18-14(17)11(3)15-12-8-7-10(2)13(9-12)16(4)5/h7-9,11,15H,6H2,1-5H3. The van der Waals surface area contributed by atoms with Crippen molar-refractivity contribution in [2.24, 2.45) is 0 Å². The molecule has 0 saturated carbocycles. The number of benzene rings is 1. The van der Waals surface area contributed by atoms with E-state index < -0.39 is 0 Å². The number of anilines is 2. The van der Waals surface area contributed by atoms with Crippen LogP contribution >= 0.6 is 0 Å². The summed E-state index contributed by atoms with van der Waals surface area (Å²) < 4.78 is 4.97. The molecule has 0 fully saturated rings. The first-order chi connectivity index (χ1) is 8.45. The summed E-state index contributed by atoms with van der Waals surface area (Å²) in [6.45, 7) is 6.07. The number of nitrogens with zero attached hydrogens (tertiary/aromatic N) is 1. The van der Waals surface area contributed by atoms with Crippen LogP contribution in [0, 0.1) is 6.92 Å². The molecule has 0 aliphatic carbocycles. The van der Waals surface area contributed by atoms with Crippen molar-refractivity contribution in [2.75, 3.05) is 30.9 Å². The van der Waals surface area contributed by atoms with Crippen LogP contribution in [-0.2, 0) is 9.53 Å². The zero-order chi connectivity index (χ0) is 13.7. The fraction of sp³-hybridized carbons (Fsp3) is 0.500. The van der Waals surface area contributed by atoms with Crippen LogP contribution < -0.4 is 10.2 Å². The van der Waals surface area contributed by atoms with Gasteiger partial charge in [0.15, 0.2) is 0 Å². The summed E-state index contributed by atoms with van der Waals surface area (Å²) >= 11 is 0. The summed E-state index contributed by atoms with van der Waals surface area (Å²) in [5.74, 6) is -0.232. The van der Waals surface area contributed by atoms with Crippen LogP contribution in [0.3, 0.4) is 0 Å². The SMILES string of the molecule is CCOC(=O)C(C)Nc1ccc(C)c(N(C)C)c1. The molecule has 1 aromatic rings. The molecule has 100 valence electrons. The Bertz CT molecular complexity index is 416. The summed E-state index contributed by atoms with van der Waals surface area (Å²) in [4.78, 5) is 13.6. The van der Waals surface area contributed by atoms with Crippen molar-refractivity contribution in [3.8, 4) is 0 Å². The third kappa shape index (κ3) is 3.65. The number of hydrogen-bond donors (Lipinski definition) is 1. The average molecular weight is 250 g/mol. The molecule has 0 bridgehead atoms. The quantitative estimate of drug-likeness (QED) is 0.815. The maximum absolute atomic E-state index is 11.5. The molecule has 18 heavy (non-hydrogen) atoms. The van der Waals surface area contributed by atoms with Gasteiger partial charge in [0, 0.05) is 25.5 Å². The van der Waals surface area contributed by atoms with Crippen molar-refractivity contribution < 1.29 is 9.53 Å². The predicted octanol–water partition coefficient (Wildman–Crippen LogP) is 2.42. The Morgan fingerprint density at radius 2 is 2.11 bits per heavy atom. The molecular weight excluding hydrogens is 228 g/mol. The minimum Gasteiger partial charge on any atom is -0.464 e. The number of nitrogens with one attached hydrogen (secondary N) is 1. The van der Waals surface area contributed by atoms with E-state index in [4.69, 9.17) is 4.74 Å². The lowest BCUT2D eigenvalue weighted by atomic mass is 10.1. The highest BCUT2D eigenvalue weighted by molar-refractivity contribution is 5.79. The summed E-state index contributed by atoms with van der Waals surface area (Å²) in [6, 6.07) is 5.70. The minimum absolute atomic E-state index is 0.232. The van der Waals surface area contributed by atoms with Crippen molar-refractivity contribution in [3.05, 3.63) is 23.8 Å². The monoisotopic (exact) mass is 250 g/mol. The van der Waals surface area contributed by atoms with Crippen LogP contribution in [0.15, 0.2) is 18.2 Å². The second-order valence-corrected chi connectivity index (χ2v) is 4.51. The molecule has 1 atom stereocenters. The number of carbonyl (C=O) groups excluding carboxylic acids is 1. The Morgan fingerprint density at radius 3 is 2.67 bits per heavy atom. The molecule has 1 N–H and O–H groups in total. The highest BCUT2D eigenvalue weighted by Crippen LogP contribution is 2.23. The van der Waals surface area contributed by atoms with Gasteiger partial charge in [-0.25, -0.2) is 4.79 Å². The Balaban J connectivity index is 2.79. The van der Waals surface area contributed by atoms with E-state index in [2.05, 4.69) is 17.1 Å². The predicted molar refractivity (Wildman–Crippen MR) is 75.2 cm³/mol. The lowest BCUT2D eigenvalue weighted by Gasteiger charge is -2.19. The maximum Gasteiger partial charge on any atom is 0.328 e. The van der Waals surface area contributed by atoms with E-state index in [-0.39, 0.29) is 12.0 Å². The highest BCUT2D eigenvalue weighted by Gasteiger charge is 2.13. The van der Waals surface area contributed by atoms with Crippen molar-refractivity contribution >= 4 is 17.3 Å². The fourth-order valence-electron chi connectivity index (χ4n) is 1.76. The lowest BCUT2D eigenvalue weighted by Crippen LogP contribution is -2.28. The first kappa shape index (κ1) is 14.4. The molecule has 0 heterocycles.